The minimum absolute atomic E-state index is 0.0381. The summed E-state index contributed by atoms with van der Waals surface area (Å²) in [4.78, 5) is 0. The largest absolute Gasteiger partial charge is 0.316 e. The van der Waals surface area contributed by atoms with Crippen LogP contribution in [0.3, 0.4) is 0 Å². The SMILES string of the molecule is Cc1ccccc1CC1CNCCC1(F)F. The summed E-state index contributed by atoms with van der Waals surface area (Å²) in [6.07, 6.45) is 0.427. The van der Waals surface area contributed by atoms with E-state index >= 15 is 0 Å². The second-order valence-electron chi connectivity index (χ2n) is 4.54. The molecular weight excluding hydrogens is 208 g/mol. The average molecular weight is 225 g/mol. The number of benzene rings is 1. The van der Waals surface area contributed by atoms with Crippen LogP contribution in [-0.2, 0) is 6.42 Å². The molecule has 0 bridgehead atoms. The van der Waals surface area contributed by atoms with E-state index in [0.29, 0.717) is 19.5 Å². The summed E-state index contributed by atoms with van der Waals surface area (Å²) in [5.74, 6) is -3.09. The molecule has 1 atom stereocenters. The molecule has 2 rings (SSSR count). The standard InChI is InChI=1S/C13H17F2N/c1-10-4-2-3-5-11(10)8-12-9-16-7-6-13(12,14)15/h2-5,12,16H,6-9H2,1H3. The monoisotopic (exact) mass is 225 g/mol. The number of nitrogens with one attached hydrogen (secondary N) is 1. The summed E-state index contributed by atoms with van der Waals surface area (Å²) in [7, 11) is 0. The molecule has 1 unspecified atom stereocenters. The highest BCUT2D eigenvalue weighted by Gasteiger charge is 2.41. The fourth-order valence-corrected chi connectivity index (χ4v) is 2.21. The number of piperidine rings is 1. The van der Waals surface area contributed by atoms with Crippen LogP contribution in [0.2, 0.25) is 0 Å². The lowest BCUT2D eigenvalue weighted by atomic mass is 9.87. The van der Waals surface area contributed by atoms with Crippen molar-refractivity contribution in [3.05, 3.63) is 35.4 Å². The van der Waals surface area contributed by atoms with Crippen LogP contribution in [0.25, 0.3) is 0 Å². The lowest BCUT2D eigenvalue weighted by Crippen LogP contribution is -2.45. The maximum atomic E-state index is 13.6. The van der Waals surface area contributed by atoms with Gasteiger partial charge >= 0.3 is 0 Å². The molecule has 0 aliphatic carbocycles. The highest BCUT2D eigenvalue weighted by Crippen LogP contribution is 2.33. The second kappa shape index (κ2) is 4.50. The quantitative estimate of drug-likeness (QED) is 0.816. The van der Waals surface area contributed by atoms with Gasteiger partial charge in [0.1, 0.15) is 0 Å². The molecule has 1 aliphatic rings. The van der Waals surface area contributed by atoms with E-state index in [2.05, 4.69) is 5.32 Å². The molecule has 1 aliphatic heterocycles. The molecule has 1 heterocycles. The van der Waals surface area contributed by atoms with Gasteiger partial charge in [-0.25, -0.2) is 8.78 Å². The van der Waals surface area contributed by atoms with Crippen LogP contribution in [0.5, 0.6) is 0 Å². The minimum atomic E-state index is -2.52. The van der Waals surface area contributed by atoms with E-state index in [4.69, 9.17) is 0 Å². The summed E-state index contributed by atoms with van der Waals surface area (Å²) in [5.41, 5.74) is 2.14. The maximum Gasteiger partial charge on any atom is 0.253 e. The van der Waals surface area contributed by atoms with Crippen molar-refractivity contribution in [1.29, 1.82) is 0 Å². The first kappa shape index (κ1) is 11.5. The Morgan fingerprint density at radius 1 is 1.38 bits per heavy atom. The normalized spacial score (nSPS) is 24.3. The highest BCUT2D eigenvalue weighted by molar-refractivity contribution is 5.26. The van der Waals surface area contributed by atoms with Crippen molar-refractivity contribution in [1.82, 2.24) is 5.32 Å². The van der Waals surface area contributed by atoms with E-state index in [0.717, 1.165) is 11.1 Å². The Morgan fingerprint density at radius 3 is 2.81 bits per heavy atom. The number of alkyl halides is 2. The summed E-state index contributed by atoms with van der Waals surface area (Å²) in [6.45, 7) is 2.82. The molecule has 3 heteroatoms. The fourth-order valence-electron chi connectivity index (χ4n) is 2.21. The zero-order chi connectivity index (χ0) is 11.6. The van der Waals surface area contributed by atoms with Gasteiger partial charge in [-0.15, -0.1) is 0 Å². The van der Waals surface area contributed by atoms with Crippen molar-refractivity contribution in [2.45, 2.75) is 25.7 Å². The predicted molar refractivity (Wildman–Crippen MR) is 60.8 cm³/mol. The van der Waals surface area contributed by atoms with Gasteiger partial charge in [0.2, 0.25) is 0 Å². The Balaban J connectivity index is 2.12. The van der Waals surface area contributed by atoms with Gasteiger partial charge in [0, 0.05) is 25.4 Å². The molecule has 0 spiro atoms. The van der Waals surface area contributed by atoms with Crippen LogP contribution >= 0.6 is 0 Å². The van der Waals surface area contributed by atoms with Crippen LogP contribution in [0, 0.1) is 12.8 Å². The van der Waals surface area contributed by atoms with E-state index in [1.165, 1.54) is 0 Å². The summed E-state index contributed by atoms with van der Waals surface area (Å²) < 4.78 is 27.3. The van der Waals surface area contributed by atoms with E-state index < -0.39 is 11.8 Å². The van der Waals surface area contributed by atoms with Gasteiger partial charge in [0.25, 0.3) is 5.92 Å². The van der Waals surface area contributed by atoms with Gasteiger partial charge in [-0.05, 0) is 24.5 Å². The molecule has 88 valence electrons. The van der Waals surface area contributed by atoms with Crippen molar-refractivity contribution in [2.24, 2.45) is 5.92 Å². The van der Waals surface area contributed by atoms with Crippen molar-refractivity contribution in [3.8, 4) is 0 Å². The smallest absolute Gasteiger partial charge is 0.253 e. The number of rotatable bonds is 2. The summed E-state index contributed by atoms with van der Waals surface area (Å²) in [6, 6.07) is 7.77. The average Bonchev–Trinajstić information content (AvgIpc) is 2.24. The Morgan fingerprint density at radius 2 is 2.12 bits per heavy atom. The number of halogens is 2. The zero-order valence-corrected chi connectivity index (χ0v) is 9.47. The molecule has 1 N–H and O–H groups in total. The zero-order valence-electron chi connectivity index (χ0n) is 9.47. The van der Waals surface area contributed by atoms with Crippen molar-refractivity contribution >= 4 is 0 Å². The van der Waals surface area contributed by atoms with E-state index in [1.807, 2.05) is 31.2 Å². The Kier molecular flexibility index (Phi) is 3.24. The number of hydrogen-bond acceptors (Lipinski definition) is 1. The fraction of sp³-hybridized carbons (Fsp3) is 0.538. The van der Waals surface area contributed by atoms with Gasteiger partial charge in [-0.1, -0.05) is 24.3 Å². The lowest BCUT2D eigenvalue weighted by molar-refractivity contribution is -0.0776. The second-order valence-corrected chi connectivity index (χ2v) is 4.54. The predicted octanol–water partition coefficient (Wildman–Crippen LogP) is 2.78. The molecule has 1 saturated heterocycles. The molecule has 16 heavy (non-hydrogen) atoms. The first-order valence-corrected chi connectivity index (χ1v) is 5.72. The maximum absolute atomic E-state index is 13.6. The van der Waals surface area contributed by atoms with Crippen molar-refractivity contribution in [2.75, 3.05) is 13.1 Å². The van der Waals surface area contributed by atoms with E-state index in [1.54, 1.807) is 0 Å². The third kappa shape index (κ3) is 2.40. The van der Waals surface area contributed by atoms with Crippen LogP contribution < -0.4 is 5.32 Å². The third-order valence-corrected chi connectivity index (χ3v) is 3.35. The summed E-state index contributed by atoms with van der Waals surface area (Å²) in [5, 5.41) is 3.05. The molecular formula is C13H17F2N. The van der Waals surface area contributed by atoms with E-state index in [9.17, 15) is 8.78 Å². The Labute approximate surface area is 94.9 Å². The molecule has 1 fully saturated rings. The Hall–Kier alpha value is -0.960. The van der Waals surface area contributed by atoms with Crippen LogP contribution in [0.1, 0.15) is 17.5 Å². The first-order chi connectivity index (χ1) is 7.59. The third-order valence-electron chi connectivity index (χ3n) is 3.35. The number of aryl methyl sites for hydroxylation is 1. The molecule has 0 saturated carbocycles. The van der Waals surface area contributed by atoms with Gasteiger partial charge in [0.05, 0.1) is 0 Å². The lowest BCUT2D eigenvalue weighted by Gasteiger charge is -2.32. The van der Waals surface area contributed by atoms with Crippen molar-refractivity contribution in [3.63, 3.8) is 0 Å². The van der Waals surface area contributed by atoms with Gasteiger partial charge in [-0.3, -0.25) is 0 Å². The van der Waals surface area contributed by atoms with E-state index in [-0.39, 0.29) is 6.42 Å². The van der Waals surface area contributed by atoms with Crippen LogP contribution in [-0.4, -0.2) is 19.0 Å². The molecule has 0 aromatic heterocycles. The first-order valence-electron chi connectivity index (χ1n) is 5.72. The van der Waals surface area contributed by atoms with Crippen molar-refractivity contribution < 1.29 is 8.78 Å². The highest BCUT2D eigenvalue weighted by atomic mass is 19.3. The molecule has 1 aromatic carbocycles. The molecule has 1 nitrogen and oxygen atoms in total. The van der Waals surface area contributed by atoms with Gasteiger partial charge < -0.3 is 5.32 Å². The molecule has 1 aromatic rings. The molecule has 0 amide bonds. The number of hydrogen-bond donors (Lipinski definition) is 1. The minimum Gasteiger partial charge on any atom is -0.316 e. The Bertz CT molecular complexity index is 363. The van der Waals surface area contributed by atoms with Gasteiger partial charge in [0.15, 0.2) is 0 Å². The summed E-state index contributed by atoms with van der Waals surface area (Å²) >= 11 is 0. The van der Waals surface area contributed by atoms with Crippen LogP contribution in [0.15, 0.2) is 24.3 Å². The van der Waals surface area contributed by atoms with Gasteiger partial charge in [-0.2, -0.15) is 0 Å². The van der Waals surface area contributed by atoms with Crippen LogP contribution in [0.4, 0.5) is 8.78 Å². The topological polar surface area (TPSA) is 12.0 Å². The molecule has 0 radical (unpaired) electrons.